The Balaban J connectivity index is 2.58. The summed E-state index contributed by atoms with van der Waals surface area (Å²) in [5.74, 6) is -0.337. The van der Waals surface area contributed by atoms with Crippen LogP contribution in [0.5, 0.6) is 0 Å². The maximum absolute atomic E-state index is 11.4. The van der Waals surface area contributed by atoms with Crippen molar-refractivity contribution in [3.05, 3.63) is 34.9 Å². The molecule has 1 aromatic rings. The first-order chi connectivity index (χ1) is 7.39. The van der Waals surface area contributed by atoms with Crippen molar-refractivity contribution in [2.24, 2.45) is 5.73 Å². The second kappa shape index (κ2) is 5.58. The van der Waals surface area contributed by atoms with E-state index < -0.39 is 10.0 Å². The van der Waals surface area contributed by atoms with E-state index in [9.17, 15) is 8.42 Å². The molecule has 0 fully saturated rings. The van der Waals surface area contributed by atoms with Crippen molar-refractivity contribution < 1.29 is 8.42 Å². The molecule has 0 aliphatic rings. The van der Waals surface area contributed by atoms with E-state index in [1.54, 1.807) is 24.3 Å². The number of hydrogen-bond acceptors (Lipinski definition) is 3. The SMILES string of the molecule is NC(=S)CS(=O)(=O)NCc1ccc(Cl)cc1. The van der Waals surface area contributed by atoms with Gasteiger partial charge in [-0.2, -0.15) is 0 Å². The second-order valence-electron chi connectivity index (χ2n) is 3.17. The van der Waals surface area contributed by atoms with Crippen LogP contribution >= 0.6 is 23.8 Å². The number of benzene rings is 1. The van der Waals surface area contributed by atoms with Crippen molar-refractivity contribution >= 4 is 38.8 Å². The summed E-state index contributed by atoms with van der Waals surface area (Å²) in [5, 5.41) is 0.606. The lowest BCUT2D eigenvalue weighted by Crippen LogP contribution is -2.31. The fourth-order valence-corrected chi connectivity index (χ4v) is 2.49. The van der Waals surface area contributed by atoms with E-state index in [4.69, 9.17) is 17.3 Å². The molecule has 88 valence electrons. The third-order valence-corrected chi connectivity index (χ3v) is 3.60. The Morgan fingerprint density at radius 2 is 1.94 bits per heavy atom. The zero-order valence-corrected chi connectivity index (χ0v) is 10.7. The Morgan fingerprint density at radius 1 is 1.38 bits per heavy atom. The van der Waals surface area contributed by atoms with Gasteiger partial charge in [-0.15, -0.1) is 0 Å². The zero-order valence-electron chi connectivity index (χ0n) is 8.31. The molecule has 0 amide bonds. The van der Waals surface area contributed by atoms with Gasteiger partial charge in [0.2, 0.25) is 10.0 Å². The largest absolute Gasteiger partial charge is 0.392 e. The van der Waals surface area contributed by atoms with Gasteiger partial charge in [-0.3, -0.25) is 0 Å². The van der Waals surface area contributed by atoms with Gasteiger partial charge in [0, 0.05) is 11.6 Å². The summed E-state index contributed by atoms with van der Waals surface area (Å²) in [6.45, 7) is 0.197. The van der Waals surface area contributed by atoms with Crippen molar-refractivity contribution in [3.8, 4) is 0 Å². The minimum absolute atomic E-state index is 0.0522. The first-order valence-electron chi connectivity index (χ1n) is 4.39. The lowest BCUT2D eigenvalue weighted by Gasteiger charge is -2.05. The second-order valence-corrected chi connectivity index (χ2v) is 5.94. The Kier molecular flexibility index (Phi) is 4.67. The number of nitrogens with two attached hydrogens (primary N) is 1. The van der Waals surface area contributed by atoms with Crippen LogP contribution in [0, 0.1) is 0 Å². The third kappa shape index (κ3) is 4.89. The molecule has 0 radical (unpaired) electrons. The molecule has 0 saturated carbocycles. The fraction of sp³-hybridized carbons (Fsp3) is 0.222. The Bertz CT molecular complexity index is 471. The molecule has 16 heavy (non-hydrogen) atoms. The highest BCUT2D eigenvalue weighted by Crippen LogP contribution is 2.09. The predicted octanol–water partition coefficient (Wildman–Crippen LogP) is 1.05. The number of thiocarbonyl (C=S) groups is 1. The summed E-state index contributed by atoms with van der Waals surface area (Å²) in [7, 11) is -3.44. The molecule has 1 aromatic carbocycles. The van der Waals surface area contributed by atoms with Gasteiger partial charge in [-0.1, -0.05) is 36.0 Å². The van der Waals surface area contributed by atoms with Crippen LogP contribution in [0.25, 0.3) is 0 Å². The van der Waals surface area contributed by atoms with Crippen LogP contribution in [-0.4, -0.2) is 19.2 Å². The molecule has 0 saturated heterocycles. The summed E-state index contributed by atoms with van der Waals surface area (Å²) in [6.07, 6.45) is 0. The van der Waals surface area contributed by atoms with Crippen molar-refractivity contribution in [2.45, 2.75) is 6.54 Å². The Morgan fingerprint density at radius 3 is 2.44 bits per heavy atom. The van der Waals surface area contributed by atoms with E-state index in [1.165, 1.54) is 0 Å². The van der Waals surface area contributed by atoms with E-state index in [0.717, 1.165) is 5.56 Å². The number of rotatable bonds is 5. The molecule has 1 rings (SSSR count). The van der Waals surface area contributed by atoms with Crippen LogP contribution in [0.2, 0.25) is 5.02 Å². The monoisotopic (exact) mass is 278 g/mol. The molecule has 4 nitrogen and oxygen atoms in total. The van der Waals surface area contributed by atoms with E-state index in [-0.39, 0.29) is 17.3 Å². The number of halogens is 1. The van der Waals surface area contributed by atoms with E-state index in [2.05, 4.69) is 16.9 Å². The van der Waals surface area contributed by atoms with E-state index in [1.807, 2.05) is 0 Å². The van der Waals surface area contributed by atoms with Gasteiger partial charge < -0.3 is 5.73 Å². The van der Waals surface area contributed by atoms with Crippen molar-refractivity contribution in [2.75, 3.05) is 5.75 Å². The van der Waals surface area contributed by atoms with Crippen LogP contribution in [0.1, 0.15) is 5.56 Å². The molecule has 0 atom stereocenters. The lowest BCUT2D eigenvalue weighted by atomic mass is 10.2. The summed E-state index contributed by atoms with van der Waals surface area (Å²) in [4.78, 5) is -0.0522. The first-order valence-corrected chi connectivity index (χ1v) is 6.83. The van der Waals surface area contributed by atoms with Gasteiger partial charge in [0.25, 0.3) is 0 Å². The highest BCUT2D eigenvalue weighted by Gasteiger charge is 2.10. The van der Waals surface area contributed by atoms with Crippen molar-refractivity contribution in [3.63, 3.8) is 0 Å². The molecule has 0 spiro atoms. The van der Waals surface area contributed by atoms with Crippen LogP contribution < -0.4 is 10.5 Å². The topological polar surface area (TPSA) is 72.2 Å². The van der Waals surface area contributed by atoms with Crippen molar-refractivity contribution in [1.82, 2.24) is 4.72 Å². The minimum Gasteiger partial charge on any atom is -0.392 e. The van der Waals surface area contributed by atoms with Crippen LogP contribution in [0.15, 0.2) is 24.3 Å². The zero-order chi connectivity index (χ0) is 12.2. The van der Waals surface area contributed by atoms with E-state index >= 15 is 0 Å². The Hall–Kier alpha value is -0.690. The molecule has 0 aliphatic heterocycles. The van der Waals surface area contributed by atoms with Gasteiger partial charge in [0.1, 0.15) is 5.75 Å². The first kappa shape index (κ1) is 13.4. The molecule has 7 heteroatoms. The number of nitrogens with one attached hydrogen (secondary N) is 1. The molecule has 3 N–H and O–H groups in total. The Labute approximate surface area is 105 Å². The molecular weight excluding hydrogens is 268 g/mol. The highest BCUT2D eigenvalue weighted by atomic mass is 35.5. The smallest absolute Gasteiger partial charge is 0.218 e. The van der Waals surface area contributed by atoms with Gasteiger partial charge in [-0.05, 0) is 17.7 Å². The number of sulfonamides is 1. The normalized spacial score (nSPS) is 11.3. The van der Waals surface area contributed by atoms with Gasteiger partial charge in [-0.25, -0.2) is 13.1 Å². The number of hydrogen-bond donors (Lipinski definition) is 2. The standard InChI is InChI=1S/C9H11ClN2O2S2/c10-8-3-1-7(2-4-8)5-12-16(13,14)6-9(11)15/h1-4,12H,5-6H2,(H2,11,15). The quantitative estimate of drug-likeness (QED) is 0.790. The highest BCUT2D eigenvalue weighted by molar-refractivity contribution is 7.92. The predicted molar refractivity (Wildman–Crippen MR) is 68.9 cm³/mol. The lowest BCUT2D eigenvalue weighted by molar-refractivity contribution is 0.585. The molecular formula is C9H11ClN2O2S2. The molecule has 0 aromatic heterocycles. The third-order valence-electron chi connectivity index (χ3n) is 1.74. The maximum atomic E-state index is 11.4. The minimum atomic E-state index is -3.44. The van der Waals surface area contributed by atoms with Crippen LogP contribution in [-0.2, 0) is 16.6 Å². The summed E-state index contributed by atoms with van der Waals surface area (Å²) < 4.78 is 25.1. The molecule has 0 bridgehead atoms. The average molecular weight is 279 g/mol. The van der Waals surface area contributed by atoms with Crippen molar-refractivity contribution in [1.29, 1.82) is 0 Å². The van der Waals surface area contributed by atoms with E-state index in [0.29, 0.717) is 5.02 Å². The molecule has 0 aliphatic carbocycles. The summed E-state index contributed by atoms with van der Waals surface area (Å²) in [6, 6.07) is 6.87. The fourth-order valence-electron chi connectivity index (χ4n) is 1.03. The maximum Gasteiger partial charge on any atom is 0.218 e. The molecule has 0 heterocycles. The van der Waals surface area contributed by atoms with Crippen LogP contribution in [0.4, 0.5) is 0 Å². The average Bonchev–Trinajstić information content (AvgIpc) is 2.15. The van der Waals surface area contributed by atoms with Gasteiger partial charge in [0.05, 0.1) is 4.99 Å². The van der Waals surface area contributed by atoms with Gasteiger partial charge >= 0.3 is 0 Å². The summed E-state index contributed by atoms with van der Waals surface area (Å²) in [5.41, 5.74) is 5.98. The molecule has 0 unspecified atom stereocenters. The van der Waals surface area contributed by atoms with Gasteiger partial charge in [0.15, 0.2) is 0 Å². The summed E-state index contributed by atoms with van der Waals surface area (Å²) >= 11 is 10.2. The van der Waals surface area contributed by atoms with Crippen LogP contribution in [0.3, 0.4) is 0 Å².